The van der Waals surface area contributed by atoms with Gasteiger partial charge in [0.15, 0.2) is 0 Å². The summed E-state index contributed by atoms with van der Waals surface area (Å²) in [5.41, 5.74) is 7.77. The molecular weight excluding hydrogens is 458 g/mol. The number of nitrogens with zero attached hydrogens (tertiary/aromatic N) is 1. The van der Waals surface area contributed by atoms with Crippen LogP contribution < -0.4 is 5.32 Å². The van der Waals surface area contributed by atoms with E-state index in [2.05, 4.69) is 53.6 Å². The molecule has 1 aromatic heterocycles. The summed E-state index contributed by atoms with van der Waals surface area (Å²) >= 11 is 0. The predicted molar refractivity (Wildman–Crippen MR) is 146 cm³/mol. The molecule has 0 aliphatic carbocycles. The van der Waals surface area contributed by atoms with Gasteiger partial charge in [-0.3, -0.25) is 9.59 Å². The molecule has 182 valence electrons. The zero-order valence-corrected chi connectivity index (χ0v) is 20.6. The van der Waals surface area contributed by atoms with Gasteiger partial charge in [-0.2, -0.15) is 0 Å². The first-order valence-electron chi connectivity index (χ1n) is 12.5. The monoisotopic (exact) mass is 485 g/mol. The molecule has 1 unspecified atom stereocenters. The Morgan fingerprint density at radius 2 is 1.57 bits per heavy atom. The van der Waals surface area contributed by atoms with Crippen LogP contribution in [-0.4, -0.2) is 28.2 Å². The smallest absolute Gasteiger partial charge is 0.255 e. The zero-order chi connectivity index (χ0) is 25.4. The second-order valence-corrected chi connectivity index (χ2v) is 9.51. The van der Waals surface area contributed by atoms with Crippen molar-refractivity contribution in [3.05, 3.63) is 131 Å². The Kier molecular flexibility index (Phi) is 5.81. The molecular formula is C32H27N3O2. The summed E-state index contributed by atoms with van der Waals surface area (Å²) in [4.78, 5) is 32.1. The fourth-order valence-electron chi connectivity index (χ4n) is 5.25. The molecule has 1 atom stereocenters. The highest BCUT2D eigenvalue weighted by Gasteiger charge is 2.40. The molecule has 0 radical (unpaired) electrons. The topological polar surface area (TPSA) is 65.2 Å². The number of hydrogen-bond acceptors (Lipinski definition) is 2. The van der Waals surface area contributed by atoms with Gasteiger partial charge < -0.3 is 15.2 Å². The number of fused-ring (bicyclic) bond motifs is 2. The van der Waals surface area contributed by atoms with E-state index in [0.29, 0.717) is 12.1 Å². The summed E-state index contributed by atoms with van der Waals surface area (Å²) in [5.74, 6) is -0.317. The number of rotatable bonds is 6. The molecule has 0 fully saturated rings. The minimum atomic E-state index is -0.390. The molecule has 1 aliphatic heterocycles. The number of benzene rings is 4. The Morgan fingerprint density at radius 1 is 0.865 bits per heavy atom. The first-order chi connectivity index (χ1) is 18.1. The summed E-state index contributed by atoms with van der Waals surface area (Å²) in [5, 5.41) is 4.03. The van der Waals surface area contributed by atoms with E-state index in [9.17, 15) is 9.59 Å². The normalized spacial score (nSPS) is 14.7. The van der Waals surface area contributed by atoms with E-state index >= 15 is 0 Å². The number of nitrogens with one attached hydrogen (secondary N) is 2. The molecule has 0 saturated carbocycles. The van der Waals surface area contributed by atoms with Gasteiger partial charge in [0.05, 0.1) is 11.7 Å². The van der Waals surface area contributed by atoms with E-state index in [4.69, 9.17) is 0 Å². The van der Waals surface area contributed by atoms with Crippen molar-refractivity contribution in [3.8, 4) is 11.3 Å². The molecule has 0 bridgehead atoms. The number of aromatic amines is 1. The SMILES string of the molecule is Cc1ccc(-c2[nH]c3ccccc3c2C2c3ccccc3C(=O)N2CC(=O)NCc2ccccc2)cc1. The highest BCUT2D eigenvalue weighted by atomic mass is 16.2. The van der Waals surface area contributed by atoms with E-state index in [1.807, 2.05) is 66.7 Å². The zero-order valence-electron chi connectivity index (χ0n) is 20.6. The van der Waals surface area contributed by atoms with E-state index in [0.717, 1.165) is 38.9 Å². The molecule has 4 aromatic carbocycles. The summed E-state index contributed by atoms with van der Waals surface area (Å²) in [6, 6.07) is 33.6. The number of carbonyl (C=O) groups excluding carboxylic acids is 2. The summed E-state index contributed by atoms with van der Waals surface area (Å²) in [6.45, 7) is 2.45. The van der Waals surface area contributed by atoms with Gasteiger partial charge in [0.1, 0.15) is 6.54 Å². The van der Waals surface area contributed by atoms with Gasteiger partial charge in [-0.15, -0.1) is 0 Å². The van der Waals surface area contributed by atoms with Crippen LogP contribution >= 0.6 is 0 Å². The van der Waals surface area contributed by atoms with Crippen LogP contribution in [0.25, 0.3) is 22.2 Å². The number of amides is 2. The fourth-order valence-corrected chi connectivity index (χ4v) is 5.25. The Labute approximate surface area is 215 Å². The molecule has 6 rings (SSSR count). The van der Waals surface area contributed by atoms with Crippen LogP contribution in [0.1, 0.15) is 38.7 Å². The molecule has 2 amide bonds. The van der Waals surface area contributed by atoms with Crippen LogP contribution in [0.2, 0.25) is 0 Å². The van der Waals surface area contributed by atoms with Crippen LogP contribution in [0, 0.1) is 6.92 Å². The summed E-state index contributed by atoms with van der Waals surface area (Å²) < 4.78 is 0. The lowest BCUT2D eigenvalue weighted by atomic mass is 9.93. The Bertz CT molecular complexity index is 1600. The van der Waals surface area contributed by atoms with Gasteiger partial charge in [-0.05, 0) is 35.7 Å². The van der Waals surface area contributed by atoms with Crippen molar-refractivity contribution in [2.24, 2.45) is 0 Å². The van der Waals surface area contributed by atoms with Crippen LogP contribution in [0.5, 0.6) is 0 Å². The van der Waals surface area contributed by atoms with Crippen molar-refractivity contribution in [1.82, 2.24) is 15.2 Å². The first-order valence-corrected chi connectivity index (χ1v) is 12.5. The Balaban J connectivity index is 1.43. The second kappa shape index (κ2) is 9.43. The number of hydrogen-bond donors (Lipinski definition) is 2. The summed E-state index contributed by atoms with van der Waals surface area (Å²) in [6.07, 6.45) is 0. The molecule has 2 heterocycles. The van der Waals surface area contributed by atoms with Crippen molar-refractivity contribution >= 4 is 22.7 Å². The maximum atomic E-state index is 13.7. The van der Waals surface area contributed by atoms with E-state index in [1.54, 1.807) is 4.90 Å². The number of H-pyrrole nitrogens is 1. The van der Waals surface area contributed by atoms with Crippen molar-refractivity contribution in [2.45, 2.75) is 19.5 Å². The van der Waals surface area contributed by atoms with Crippen molar-refractivity contribution < 1.29 is 9.59 Å². The molecule has 1 aliphatic rings. The second-order valence-electron chi connectivity index (χ2n) is 9.51. The van der Waals surface area contributed by atoms with Gasteiger partial charge in [0.25, 0.3) is 5.91 Å². The van der Waals surface area contributed by atoms with Gasteiger partial charge in [0, 0.05) is 28.6 Å². The average molecular weight is 486 g/mol. The number of para-hydroxylation sites is 1. The molecule has 0 spiro atoms. The maximum absolute atomic E-state index is 13.7. The molecule has 5 aromatic rings. The molecule has 2 N–H and O–H groups in total. The summed E-state index contributed by atoms with van der Waals surface area (Å²) in [7, 11) is 0. The largest absolute Gasteiger partial charge is 0.354 e. The van der Waals surface area contributed by atoms with Gasteiger partial charge >= 0.3 is 0 Å². The van der Waals surface area contributed by atoms with Gasteiger partial charge in [0.2, 0.25) is 5.91 Å². The first kappa shape index (κ1) is 22.8. The third kappa shape index (κ3) is 4.19. The van der Waals surface area contributed by atoms with Crippen LogP contribution in [0.15, 0.2) is 103 Å². The third-order valence-corrected chi connectivity index (χ3v) is 7.06. The van der Waals surface area contributed by atoms with Crippen molar-refractivity contribution in [1.29, 1.82) is 0 Å². The predicted octanol–water partition coefficient (Wildman–Crippen LogP) is 6.00. The van der Waals surface area contributed by atoms with Crippen LogP contribution in [-0.2, 0) is 11.3 Å². The average Bonchev–Trinajstić information content (AvgIpc) is 3.43. The highest BCUT2D eigenvalue weighted by Crippen LogP contribution is 2.45. The van der Waals surface area contributed by atoms with E-state index in [-0.39, 0.29) is 18.4 Å². The molecule has 0 saturated heterocycles. The maximum Gasteiger partial charge on any atom is 0.255 e. The number of aryl methyl sites for hydroxylation is 1. The highest BCUT2D eigenvalue weighted by molar-refractivity contribution is 6.03. The number of carbonyl (C=O) groups is 2. The van der Waals surface area contributed by atoms with Crippen molar-refractivity contribution in [3.63, 3.8) is 0 Å². The lowest BCUT2D eigenvalue weighted by molar-refractivity contribution is -0.122. The molecule has 37 heavy (non-hydrogen) atoms. The van der Waals surface area contributed by atoms with Crippen molar-refractivity contribution in [2.75, 3.05) is 6.54 Å². The minimum absolute atomic E-state index is 0.0299. The van der Waals surface area contributed by atoms with Gasteiger partial charge in [-0.25, -0.2) is 0 Å². The van der Waals surface area contributed by atoms with E-state index in [1.165, 1.54) is 5.56 Å². The Morgan fingerprint density at radius 3 is 2.38 bits per heavy atom. The minimum Gasteiger partial charge on any atom is -0.354 e. The standard InChI is InChI=1S/C32H27N3O2/c1-21-15-17-23(18-16-21)30-29(26-13-7-8-14-27(26)34-30)31-24-11-5-6-12-25(24)32(37)35(31)20-28(36)33-19-22-9-3-2-4-10-22/h2-18,31,34H,19-20H2,1H3,(H,33,36). The molecule has 5 nitrogen and oxygen atoms in total. The van der Waals surface area contributed by atoms with Crippen LogP contribution in [0.3, 0.4) is 0 Å². The Hall–Kier alpha value is -4.64. The van der Waals surface area contributed by atoms with E-state index < -0.39 is 6.04 Å². The molecule has 5 heteroatoms. The fraction of sp³-hybridized carbons (Fsp3) is 0.125. The van der Waals surface area contributed by atoms with Crippen LogP contribution in [0.4, 0.5) is 0 Å². The lowest BCUT2D eigenvalue weighted by Crippen LogP contribution is -2.39. The third-order valence-electron chi connectivity index (χ3n) is 7.06. The quantitative estimate of drug-likeness (QED) is 0.310. The lowest BCUT2D eigenvalue weighted by Gasteiger charge is -2.26. The number of aromatic nitrogens is 1. The van der Waals surface area contributed by atoms with Gasteiger partial charge in [-0.1, -0.05) is 96.6 Å².